The van der Waals surface area contributed by atoms with E-state index in [1.807, 2.05) is 4.57 Å². The van der Waals surface area contributed by atoms with Gasteiger partial charge in [-0.15, -0.1) is 0 Å². The Balaban J connectivity index is 1.32. The molecule has 0 aliphatic rings. The van der Waals surface area contributed by atoms with Crippen LogP contribution < -0.4 is 0 Å². The third-order valence-electron chi connectivity index (χ3n) is 6.69. The Morgan fingerprint density at radius 2 is 1.37 bits per heavy atom. The summed E-state index contributed by atoms with van der Waals surface area (Å²) in [6.07, 6.45) is 27.4. The van der Waals surface area contributed by atoms with E-state index in [0.29, 0.717) is 19.6 Å². The van der Waals surface area contributed by atoms with Crippen molar-refractivity contribution < 1.29 is 9.53 Å². The van der Waals surface area contributed by atoms with Crippen molar-refractivity contribution in [3.63, 3.8) is 0 Å². The van der Waals surface area contributed by atoms with Crippen molar-refractivity contribution in [1.82, 2.24) is 19.5 Å². The summed E-state index contributed by atoms with van der Waals surface area (Å²) in [7, 11) is 0. The third kappa shape index (κ3) is 15.4. The van der Waals surface area contributed by atoms with E-state index in [1.54, 1.807) is 12.5 Å². The number of rotatable bonds is 21. The van der Waals surface area contributed by atoms with Gasteiger partial charge in [0, 0.05) is 19.4 Å². The number of esters is 1. The number of carbonyl (C=O) groups excluding carboxylic acids is 1. The van der Waals surface area contributed by atoms with Crippen LogP contribution in [0.4, 0.5) is 0 Å². The fourth-order valence-electron chi connectivity index (χ4n) is 4.39. The minimum Gasteiger partial charge on any atom is -0.466 e. The monoisotopic (exact) mass is 520 g/mol. The molecule has 2 rings (SSSR count). The summed E-state index contributed by atoms with van der Waals surface area (Å²) in [5.74, 6) is 12.2. The highest BCUT2D eigenvalue weighted by molar-refractivity contribution is 5.71. The minimum atomic E-state index is -0.175. The zero-order valence-corrected chi connectivity index (χ0v) is 23.7. The van der Waals surface area contributed by atoms with E-state index in [9.17, 15) is 4.79 Å². The van der Waals surface area contributed by atoms with Crippen LogP contribution in [-0.4, -0.2) is 32.1 Å². The van der Waals surface area contributed by atoms with Crippen molar-refractivity contribution in [2.24, 2.45) is 0 Å². The number of fused-ring (bicyclic) bond motifs is 1. The van der Waals surface area contributed by atoms with Gasteiger partial charge < -0.3 is 9.30 Å². The van der Waals surface area contributed by atoms with Gasteiger partial charge in [-0.25, -0.2) is 15.0 Å². The first-order chi connectivity index (χ1) is 18.8. The first kappa shape index (κ1) is 31.4. The minimum absolute atomic E-state index is 0.175. The summed E-state index contributed by atoms with van der Waals surface area (Å²) in [4.78, 5) is 24.4. The zero-order chi connectivity index (χ0) is 26.9. The van der Waals surface area contributed by atoms with E-state index in [1.165, 1.54) is 89.8 Å². The van der Waals surface area contributed by atoms with Crippen LogP contribution in [0, 0.1) is 23.7 Å². The quantitative estimate of drug-likeness (QED) is 0.0953. The molecule has 38 heavy (non-hydrogen) atoms. The molecule has 6 nitrogen and oxygen atoms in total. The first-order valence-corrected chi connectivity index (χ1v) is 15.0. The lowest BCUT2D eigenvalue weighted by Crippen LogP contribution is -2.10. The molecule has 0 unspecified atom stereocenters. The van der Waals surface area contributed by atoms with Crippen molar-refractivity contribution in [3.05, 3.63) is 18.9 Å². The number of imidazole rings is 1. The molecular weight excluding hydrogens is 472 g/mol. The predicted molar refractivity (Wildman–Crippen MR) is 155 cm³/mol. The van der Waals surface area contributed by atoms with Crippen LogP contribution in [-0.2, 0) is 16.1 Å². The SMILES string of the molecule is CCCCCCCCCCCCC#CC#CCCCCCCCCOC(=O)CCn1cnc2cncnc21. The second-order valence-electron chi connectivity index (χ2n) is 10.0. The first-order valence-electron chi connectivity index (χ1n) is 15.0. The lowest BCUT2D eigenvalue weighted by molar-refractivity contribution is -0.144. The number of aryl methyl sites for hydroxylation is 1. The second-order valence-corrected chi connectivity index (χ2v) is 10.0. The molecule has 0 N–H and O–H groups in total. The lowest BCUT2D eigenvalue weighted by Gasteiger charge is -2.06. The third-order valence-corrected chi connectivity index (χ3v) is 6.69. The Bertz CT molecular complexity index is 1010. The van der Waals surface area contributed by atoms with Crippen LogP contribution in [0.25, 0.3) is 11.2 Å². The highest BCUT2D eigenvalue weighted by Gasteiger charge is 2.07. The molecule has 0 aliphatic heterocycles. The molecule has 0 fully saturated rings. The number of carbonyl (C=O) groups is 1. The average molecular weight is 521 g/mol. The maximum Gasteiger partial charge on any atom is 0.307 e. The molecule has 6 heteroatoms. The van der Waals surface area contributed by atoms with Crippen LogP contribution in [0.5, 0.6) is 0 Å². The molecule has 2 heterocycles. The standard InChI is InChI=1S/C32H48N4O2/c1-2-3-4-5-6-7-8-9-10-11-12-13-14-15-16-17-18-19-20-21-22-23-26-38-31(37)24-25-36-29-35-30-27-33-28-34-32(30)36/h27-29H,2-12,17-26H2,1H3. The molecule has 0 spiro atoms. The number of nitrogens with zero attached hydrogens (tertiary/aromatic N) is 4. The Labute approximate surface area is 230 Å². The van der Waals surface area contributed by atoms with E-state index in [0.717, 1.165) is 43.3 Å². The van der Waals surface area contributed by atoms with Gasteiger partial charge in [-0.2, -0.15) is 0 Å². The van der Waals surface area contributed by atoms with Gasteiger partial charge in [0.05, 0.1) is 25.6 Å². The van der Waals surface area contributed by atoms with Crippen LogP contribution in [0.2, 0.25) is 0 Å². The molecular formula is C32H48N4O2. The highest BCUT2D eigenvalue weighted by atomic mass is 16.5. The van der Waals surface area contributed by atoms with E-state index >= 15 is 0 Å². The highest BCUT2D eigenvalue weighted by Crippen LogP contribution is 2.11. The maximum absolute atomic E-state index is 12.0. The molecule has 0 atom stereocenters. The molecule has 0 saturated carbocycles. The zero-order valence-electron chi connectivity index (χ0n) is 23.7. The molecule has 208 valence electrons. The fourth-order valence-corrected chi connectivity index (χ4v) is 4.39. The average Bonchev–Trinajstić information content (AvgIpc) is 3.35. The molecule has 0 saturated heterocycles. The van der Waals surface area contributed by atoms with Crippen LogP contribution in [0.3, 0.4) is 0 Å². The van der Waals surface area contributed by atoms with Gasteiger partial charge in [-0.3, -0.25) is 4.79 Å². The van der Waals surface area contributed by atoms with Crippen molar-refractivity contribution in [2.75, 3.05) is 6.61 Å². The van der Waals surface area contributed by atoms with E-state index in [4.69, 9.17) is 4.74 Å². The molecule has 0 amide bonds. The van der Waals surface area contributed by atoms with Gasteiger partial charge in [0.1, 0.15) is 11.8 Å². The topological polar surface area (TPSA) is 69.9 Å². The molecule has 0 radical (unpaired) electrons. The summed E-state index contributed by atoms with van der Waals surface area (Å²) < 4.78 is 7.22. The summed E-state index contributed by atoms with van der Waals surface area (Å²) >= 11 is 0. The van der Waals surface area contributed by atoms with Crippen LogP contribution in [0.15, 0.2) is 18.9 Å². The molecule has 0 bridgehead atoms. The van der Waals surface area contributed by atoms with Crippen molar-refractivity contribution in [2.45, 2.75) is 135 Å². The van der Waals surface area contributed by atoms with Crippen molar-refractivity contribution >= 4 is 17.1 Å². The number of unbranched alkanes of at least 4 members (excludes halogenated alkanes) is 16. The van der Waals surface area contributed by atoms with Gasteiger partial charge >= 0.3 is 5.97 Å². The lowest BCUT2D eigenvalue weighted by atomic mass is 10.1. The Kier molecular flexibility index (Phi) is 18.3. The molecule has 2 aromatic rings. The number of aromatic nitrogens is 4. The Morgan fingerprint density at radius 1 is 0.789 bits per heavy atom. The van der Waals surface area contributed by atoms with Gasteiger partial charge in [0.2, 0.25) is 0 Å². The van der Waals surface area contributed by atoms with Crippen molar-refractivity contribution in [1.29, 1.82) is 0 Å². The number of ether oxygens (including phenoxy) is 1. The number of hydrogen-bond acceptors (Lipinski definition) is 5. The summed E-state index contributed by atoms with van der Waals surface area (Å²) in [6, 6.07) is 0. The molecule has 0 aromatic carbocycles. The largest absolute Gasteiger partial charge is 0.466 e. The Hall–Kier alpha value is -2.86. The Morgan fingerprint density at radius 3 is 2.00 bits per heavy atom. The molecule has 2 aromatic heterocycles. The van der Waals surface area contributed by atoms with Gasteiger partial charge in [0.15, 0.2) is 5.65 Å². The van der Waals surface area contributed by atoms with Crippen molar-refractivity contribution in [3.8, 4) is 23.7 Å². The summed E-state index contributed by atoms with van der Waals surface area (Å²) in [5, 5.41) is 0. The van der Waals surface area contributed by atoms with Crippen LogP contribution >= 0.6 is 0 Å². The maximum atomic E-state index is 12.0. The molecule has 0 aliphatic carbocycles. The predicted octanol–water partition coefficient (Wildman–Crippen LogP) is 7.81. The van der Waals surface area contributed by atoms with E-state index in [-0.39, 0.29) is 5.97 Å². The van der Waals surface area contributed by atoms with Gasteiger partial charge in [-0.05, 0) is 31.1 Å². The number of hydrogen-bond donors (Lipinski definition) is 0. The van der Waals surface area contributed by atoms with E-state index in [2.05, 4.69) is 45.6 Å². The summed E-state index contributed by atoms with van der Waals surface area (Å²) in [5.41, 5.74) is 1.47. The second kappa shape index (κ2) is 22.2. The van der Waals surface area contributed by atoms with Crippen LogP contribution in [0.1, 0.15) is 129 Å². The summed E-state index contributed by atoms with van der Waals surface area (Å²) in [6.45, 7) is 3.28. The van der Waals surface area contributed by atoms with E-state index < -0.39 is 0 Å². The smallest absolute Gasteiger partial charge is 0.307 e. The van der Waals surface area contributed by atoms with Gasteiger partial charge in [0.25, 0.3) is 0 Å². The normalized spacial score (nSPS) is 10.6. The fraction of sp³-hybridized carbons (Fsp3) is 0.688. The van der Waals surface area contributed by atoms with Gasteiger partial charge in [-0.1, -0.05) is 102 Å².